The molecule has 82 valence electrons. The van der Waals surface area contributed by atoms with E-state index < -0.39 is 5.82 Å². The molecule has 0 aliphatic rings. The van der Waals surface area contributed by atoms with Gasteiger partial charge in [-0.05, 0) is 31.5 Å². The first kappa shape index (κ1) is 12.2. The molecular formula is C11H13FO2S. The summed E-state index contributed by atoms with van der Waals surface area (Å²) in [5, 5.41) is 8.63. The molecule has 2 nitrogen and oxygen atoms in total. The molecule has 0 atom stereocenters. The molecule has 0 saturated heterocycles. The third-order valence-electron chi connectivity index (χ3n) is 1.88. The van der Waals surface area contributed by atoms with E-state index in [0.717, 1.165) is 10.6 Å². The highest BCUT2D eigenvalue weighted by molar-refractivity contribution is 7.99. The van der Waals surface area contributed by atoms with Gasteiger partial charge in [0.1, 0.15) is 5.82 Å². The predicted octanol–water partition coefficient (Wildman–Crippen LogP) is 2.50. The minimum Gasteiger partial charge on any atom is -0.396 e. The average molecular weight is 228 g/mol. The van der Waals surface area contributed by atoms with Gasteiger partial charge in [0.05, 0.1) is 0 Å². The summed E-state index contributed by atoms with van der Waals surface area (Å²) in [6.07, 6.45) is 0.666. The van der Waals surface area contributed by atoms with Crippen molar-refractivity contribution in [2.45, 2.75) is 18.2 Å². The van der Waals surface area contributed by atoms with Crippen LogP contribution < -0.4 is 0 Å². The number of hydrogen-bond acceptors (Lipinski definition) is 3. The molecule has 0 amide bonds. The largest absolute Gasteiger partial charge is 0.396 e. The van der Waals surface area contributed by atoms with Crippen LogP contribution in [-0.4, -0.2) is 23.2 Å². The highest BCUT2D eigenvalue weighted by atomic mass is 32.2. The molecule has 0 aromatic heterocycles. The van der Waals surface area contributed by atoms with Gasteiger partial charge in [-0.1, -0.05) is 0 Å². The van der Waals surface area contributed by atoms with Gasteiger partial charge < -0.3 is 5.11 Å². The van der Waals surface area contributed by atoms with Crippen LogP contribution in [0.1, 0.15) is 23.7 Å². The maximum atomic E-state index is 12.9. The van der Waals surface area contributed by atoms with Gasteiger partial charge in [-0.2, -0.15) is 0 Å². The van der Waals surface area contributed by atoms with Crippen LogP contribution in [0.15, 0.2) is 23.1 Å². The molecular weight excluding hydrogens is 215 g/mol. The molecule has 0 saturated carbocycles. The fourth-order valence-corrected chi connectivity index (χ4v) is 2.17. The van der Waals surface area contributed by atoms with Gasteiger partial charge in [0, 0.05) is 22.8 Å². The van der Waals surface area contributed by atoms with E-state index in [1.807, 2.05) is 0 Å². The molecule has 0 fully saturated rings. The Hall–Kier alpha value is -0.870. The van der Waals surface area contributed by atoms with E-state index in [0.29, 0.717) is 12.0 Å². The van der Waals surface area contributed by atoms with Crippen LogP contribution in [0, 0.1) is 5.82 Å². The number of Topliss-reactive ketones (excluding diaryl/α,β-unsaturated/α-hetero) is 1. The van der Waals surface area contributed by atoms with Crippen molar-refractivity contribution in [1.29, 1.82) is 0 Å². The molecule has 0 unspecified atom stereocenters. The van der Waals surface area contributed by atoms with Gasteiger partial charge in [-0.25, -0.2) is 4.39 Å². The first-order valence-corrected chi connectivity index (χ1v) is 5.68. The van der Waals surface area contributed by atoms with E-state index in [1.54, 1.807) is 6.07 Å². The maximum absolute atomic E-state index is 12.9. The highest BCUT2D eigenvalue weighted by Gasteiger charge is 2.08. The average Bonchev–Trinajstić information content (AvgIpc) is 2.20. The summed E-state index contributed by atoms with van der Waals surface area (Å²) in [6, 6.07) is 4.20. The Morgan fingerprint density at radius 2 is 2.27 bits per heavy atom. The molecule has 0 spiro atoms. The Kier molecular flexibility index (Phi) is 4.78. The van der Waals surface area contributed by atoms with Gasteiger partial charge in [-0.15, -0.1) is 11.8 Å². The van der Waals surface area contributed by atoms with Crippen LogP contribution in [0.3, 0.4) is 0 Å². The zero-order valence-electron chi connectivity index (χ0n) is 8.50. The van der Waals surface area contributed by atoms with E-state index in [4.69, 9.17) is 5.11 Å². The Bertz CT molecular complexity index is 352. The van der Waals surface area contributed by atoms with Crippen molar-refractivity contribution < 1.29 is 14.3 Å². The molecule has 4 heteroatoms. The zero-order chi connectivity index (χ0) is 11.3. The number of aliphatic hydroxyl groups excluding tert-OH is 1. The number of carbonyl (C=O) groups excluding carboxylic acids is 1. The van der Waals surface area contributed by atoms with Gasteiger partial charge in [0.25, 0.3) is 0 Å². The first-order valence-electron chi connectivity index (χ1n) is 4.69. The monoisotopic (exact) mass is 228 g/mol. The van der Waals surface area contributed by atoms with E-state index in [9.17, 15) is 9.18 Å². The van der Waals surface area contributed by atoms with Crippen LogP contribution in [0.2, 0.25) is 0 Å². The lowest BCUT2D eigenvalue weighted by molar-refractivity contribution is 0.101. The molecule has 1 aromatic carbocycles. The van der Waals surface area contributed by atoms with Crippen molar-refractivity contribution in [3.05, 3.63) is 29.6 Å². The lowest BCUT2D eigenvalue weighted by Crippen LogP contribution is -1.97. The fraction of sp³-hybridized carbons (Fsp3) is 0.364. The number of aliphatic hydroxyl groups is 1. The maximum Gasteiger partial charge on any atom is 0.161 e. The van der Waals surface area contributed by atoms with Gasteiger partial charge in [0.15, 0.2) is 5.78 Å². The second kappa shape index (κ2) is 5.88. The van der Waals surface area contributed by atoms with Crippen molar-refractivity contribution in [3.63, 3.8) is 0 Å². The summed E-state index contributed by atoms with van der Waals surface area (Å²) in [7, 11) is 0. The van der Waals surface area contributed by atoms with Crippen molar-refractivity contribution in [2.75, 3.05) is 12.4 Å². The second-order valence-corrected chi connectivity index (χ2v) is 4.26. The molecule has 1 aromatic rings. The SMILES string of the molecule is CC(=O)c1cc(F)ccc1SCCCO. The molecule has 0 heterocycles. The Labute approximate surface area is 92.5 Å². The van der Waals surface area contributed by atoms with Gasteiger partial charge >= 0.3 is 0 Å². The summed E-state index contributed by atoms with van der Waals surface area (Å²) in [5.74, 6) is 0.190. The molecule has 1 N–H and O–H groups in total. The lowest BCUT2D eigenvalue weighted by atomic mass is 10.1. The van der Waals surface area contributed by atoms with E-state index in [1.165, 1.54) is 30.8 Å². The Balaban J connectivity index is 2.81. The Morgan fingerprint density at radius 3 is 2.87 bits per heavy atom. The quantitative estimate of drug-likeness (QED) is 0.478. The number of hydrogen-bond donors (Lipinski definition) is 1. The summed E-state index contributed by atoms with van der Waals surface area (Å²) in [6.45, 7) is 1.55. The third-order valence-corrected chi connectivity index (χ3v) is 3.04. The summed E-state index contributed by atoms with van der Waals surface area (Å²) in [5.41, 5.74) is 0.415. The second-order valence-electron chi connectivity index (χ2n) is 3.12. The van der Waals surface area contributed by atoms with Crippen molar-refractivity contribution >= 4 is 17.5 Å². The van der Waals surface area contributed by atoms with Crippen LogP contribution in [-0.2, 0) is 0 Å². The van der Waals surface area contributed by atoms with Crippen molar-refractivity contribution in [2.24, 2.45) is 0 Å². The molecule has 1 rings (SSSR count). The number of carbonyl (C=O) groups is 1. The zero-order valence-corrected chi connectivity index (χ0v) is 9.31. The van der Waals surface area contributed by atoms with E-state index in [-0.39, 0.29) is 12.4 Å². The minimum atomic E-state index is -0.397. The van der Waals surface area contributed by atoms with Crippen LogP contribution in [0.5, 0.6) is 0 Å². The minimum absolute atomic E-state index is 0.129. The standard InChI is InChI=1S/C11H13FO2S/c1-8(14)10-7-9(12)3-4-11(10)15-6-2-5-13/h3-4,7,13H,2,5-6H2,1H3. The van der Waals surface area contributed by atoms with Crippen molar-refractivity contribution in [1.82, 2.24) is 0 Å². The number of ketones is 1. The Morgan fingerprint density at radius 1 is 1.53 bits per heavy atom. The van der Waals surface area contributed by atoms with E-state index in [2.05, 4.69) is 0 Å². The number of benzene rings is 1. The van der Waals surface area contributed by atoms with Crippen LogP contribution in [0.25, 0.3) is 0 Å². The molecule has 15 heavy (non-hydrogen) atoms. The molecule has 0 aliphatic carbocycles. The normalized spacial score (nSPS) is 10.3. The third kappa shape index (κ3) is 3.64. The van der Waals surface area contributed by atoms with Gasteiger partial charge in [0.2, 0.25) is 0 Å². The smallest absolute Gasteiger partial charge is 0.161 e. The lowest BCUT2D eigenvalue weighted by Gasteiger charge is -2.05. The van der Waals surface area contributed by atoms with Crippen molar-refractivity contribution in [3.8, 4) is 0 Å². The van der Waals surface area contributed by atoms with Crippen LogP contribution in [0.4, 0.5) is 4.39 Å². The molecule has 0 aliphatic heterocycles. The molecule has 0 bridgehead atoms. The summed E-state index contributed by atoms with van der Waals surface area (Å²) >= 11 is 1.46. The topological polar surface area (TPSA) is 37.3 Å². The number of rotatable bonds is 5. The van der Waals surface area contributed by atoms with Crippen LogP contribution >= 0.6 is 11.8 Å². The molecule has 0 radical (unpaired) electrons. The summed E-state index contributed by atoms with van der Waals surface area (Å²) < 4.78 is 12.9. The fourth-order valence-electron chi connectivity index (χ4n) is 1.15. The van der Waals surface area contributed by atoms with Gasteiger partial charge in [-0.3, -0.25) is 4.79 Å². The highest BCUT2D eigenvalue weighted by Crippen LogP contribution is 2.24. The summed E-state index contributed by atoms with van der Waals surface area (Å²) in [4.78, 5) is 12.0. The van der Waals surface area contributed by atoms with E-state index >= 15 is 0 Å². The number of thioether (sulfide) groups is 1. The first-order chi connectivity index (χ1) is 7.15. The number of halogens is 1. The predicted molar refractivity (Wildman–Crippen MR) is 58.8 cm³/mol.